The van der Waals surface area contributed by atoms with Gasteiger partial charge in [-0.3, -0.25) is 14.5 Å². The number of alkyl halides is 3. The summed E-state index contributed by atoms with van der Waals surface area (Å²) in [5.41, 5.74) is 3.98. The Morgan fingerprint density at radius 3 is 2.30 bits per heavy atom. The smallest absolute Gasteiger partial charge is 0.379 e. The predicted octanol–water partition coefficient (Wildman–Crippen LogP) is 6.13. The fraction of sp³-hybridized carbons (Fsp3) is 0.364. The van der Waals surface area contributed by atoms with Gasteiger partial charge in [0.1, 0.15) is 6.54 Å². The van der Waals surface area contributed by atoms with Gasteiger partial charge in [-0.05, 0) is 78.6 Å². The zero-order valence-electron chi connectivity index (χ0n) is 24.6. The number of rotatable bonds is 8. The van der Waals surface area contributed by atoms with Gasteiger partial charge < -0.3 is 9.64 Å². The van der Waals surface area contributed by atoms with E-state index in [1.54, 1.807) is 12.1 Å². The lowest BCUT2D eigenvalue weighted by Gasteiger charge is -2.31. The summed E-state index contributed by atoms with van der Waals surface area (Å²) in [5, 5.41) is 6.75. The van der Waals surface area contributed by atoms with Crippen LogP contribution in [0.15, 0.2) is 71.8 Å². The van der Waals surface area contributed by atoms with Crippen LogP contribution < -0.4 is 0 Å². The molecule has 0 aliphatic carbocycles. The number of carbonyl (C=O) groups excluding carboxylic acids is 2. The largest absolute Gasteiger partial charge is 0.416 e. The summed E-state index contributed by atoms with van der Waals surface area (Å²) in [6.45, 7) is 6.96. The Morgan fingerprint density at radius 1 is 0.977 bits per heavy atom. The average molecular weight is 627 g/mol. The maximum atomic E-state index is 14.0. The lowest BCUT2D eigenvalue weighted by molar-refractivity contribution is -0.137. The maximum absolute atomic E-state index is 14.0. The van der Waals surface area contributed by atoms with E-state index in [0.29, 0.717) is 44.3 Å². The van der Waals surface area contributed by atoms with Crippen LogP contribution in [0, 0.1) is 13.8 Å². The van der Waals surface area contributed by atoms with Crippen molar-refractivity contribution >= 4 is 29.1 Å². The first-order valence-electron chi connectivity index (χ1n) is 14.5. The molecule has 2 aliphatic heterocycles. The van der Waals surface area contributed by atoms with Gasteiger partial charge in [-0.25, -0.2) is 5.01 Å². The molecule has 44 heavy (non-hydrogen) atoms. The maximum Gasteiger partial charge on any atom is 0.416 e. The van der Waals surface area contributed by atoms with Crippen molar-refractivity contribution in [1.29, 1.82) is 0 Å². The van der Waals surface area contributed by atoms with E-state index in [0.717, 1.165) is 52.2 Å². The molecule has 232 valence electrons. The topological polar surface area (TPSA) is 65.5 Å². The molecule has 5 rings (SSSR count). The molecule has 1 atom stereocenters. The highest BCUT2D eigenvalue weighted by Crippen LogP contribution is 2.34. The van der Waals surface area contributed by atoms with Crippen molar-refractivity contribution in [3.8, 4) is 0 Å². The number of nitrogens with zero attached hydrogens (tertiary/aromatic N) is 4. The van der Waals surface area contributed by atoms with E-state index in [4.69, 9.17) is 21.4 Å². The van der Waals surface area contributed by atoms with Gasteiger partial charge in [-0.1, -0.05) is 35.9 Å². The molecule has 2 heterocycles. The second-order valence-electron chi connectivity index (χ2n) is 11.1. The van der Waals surface area contributed by atoms with Crippen LogP contribution >= 0.6 is 11.6 Å². The summed E-state index contributed by atoms with van der Waals surface area (Å²) >= 11 is 6.14. The van der Waals surface area contributed by atoms with Gasteiger partial charge in [-0.15, -0.1) is 0 Å². The monoisotopic (exact) mass is 626 g/mol. The highest BCUT2D eigenvalue weighted by molar-refractivity contribution is 6.30. The molecule has 11 heteroatoms. The summed E-state index contributed by atoms with van der Waals surface area (Å²) in [6, 6.07) is 16.9. The summed E-state index contributed by atoms with van der Waals surface area (Å²) in [4.78, 5) is 31.2. The number of hydrogen-bond donors (Lipinski definition) is 0. The fourth-order valence-corrected chi connectivity index (χ4v) is 5.47. The third kappa shape index (κ3) is 7.49. The van der Waals surface area contributed by atoms with Crippen LogP contribution in [0.3, 0.4) is 0 Å². The highest BCUT2D eigenvalue weighted by atomic mass is 35.5. The minimum Gasteiger partial charge on any atom is -0.379 e. The molecule has 3 aromatic rings. The minimum absolute atomic E-state index is 0.0720. The summed E-state index contributed by atoms with van der Waals surface area (Å²) < 4.78 is 44.9. The molecule has 3 aromatic carbocycles. The number of carbonyl (C=O) groups is 2. The number of benzene rings is 3. The molecule has 0 N–H and O–H groups in total. The van der Waals surface area contributed by atoms with Crippen LogP contribution in [0.25, 0.3) is 0 Å². The number of hydrazone groups is 1. The van der Waals surface area contributed by atoms with Crippen molar-refractivity contribution in [3.63, 3.8) is 0 Å². The van der Waals surface area contributed by atoms with Crippen molar-refractivity contribution in [3.05, 3.63) is 105 Å². The molecule has 0 unspecified atom stereocenters. The molecule has 0 bridgehead atoms. The molecule has 0 spiro atoms. The van der Waals surface area contributed by atoms with Crippen LogP contribution in [0.1, 0.15) is 50.6 Å². The lowest BCUT2D eigenvalue weighted by atomic mass is 9.96. The molecule has 2 amide bonds. The van der Waals surface area contributed by atoms with E-state index in [1.165, 1.54) is 9.91 Å². The van der Waals surface area contributed by atoms with E-state index in [1.807, 2.05) is 44.2 Å². The first-order valence-corrected chi connectivity index (χ1v) is 14.9. The Kier molecular flexibility index (Phi) is 9.72. The van der Waals surface area contributed by atoms with Crippen LogP contribution in [0.4, 0.5) is 13.2 Å². The van der Waals surface area contributed by atoms with Gasteiger partial charge in [0.05, 0.1) is 30.5 Å². The lowest BCUT2D eigenvalue weighted by Crippen LogP contribution is -2.46. The van der Waals surface area contributed by atoms with Crippen molar-refractivity contribution in [1.82, 2.24) is 14.8 Å². The first-order chi connectivity index (χ1) is 21.0. The molecule has 0 aromatic heterocycles. The number of aryl methyl sites for hydroxylation is 2. The van der Waals surface area contributed by atoms with E-state index in [9.17, 15) is 22.8 Å². The van der Waals surface area contributed by atoms with Crippen LogP contribution in [-0.4, -0.2) is 78.3 Å². The summed E-state index contributed by atoms with van der Waals surface area (Å²) in [5.74, 6) is -0.924. The van der Waals surface area contributed by atoms with E-state index in [2.05, 4.69) is 4.90 Å². The summed E-state index contributed by atoms with van der Waals surface area (Å²) in [6.07, 6.45) is -4.05. The summed E-state index contributed by atoms with van der Waals surface area (Å²) in [7, 11) is 0. The molecule has 0 radical (unpaired) electrons. The average Bonchev–Trinajstić information content (AvgIpc) is 3.46. The third-order valence-corrected chi connectivity index (χ3v) is 8.38. The SMILES string of the molecule is Cc1ccc(C2=NN(C(=O)CN(CCN3CCOCC3)C(=O)c3ccc(C(F)(F)F)cc3)[C@@H](c3ccc(Cl)cc3)C2)cc1C. The Labute approximate surface area is 259 Å². The van der Waals surface area contributed by atoms with Gasteiger partial charge >= 0.3 is 6.18 Å². The van der Waals surface area contributed by atoms with Gasteiger partial charge in [0.15, 0.2) is 0 Å². The molecule has 7 nitrogen and oxygen atoms in total. The van der Waals surface area contributed by atoms with Crippen molar-refractivity contribution in [2.75, 3.05) is 45.9 Å². The molecule has 1 fully saturated rings. The molecular weight excluding hydrogens is 593 g/mol. The Morgan fingerprint density at radius 2 is 1.66 bits per heavy atom. The highest BCUT2D eigenvalue weighted by Gasteiger charge is 2.35. The van der Waals surface area contributed by atoms with E-state index in [-0.39, 0.29) is 18.7 Å². The van der Waals surface area contributed by atoms with Gasteiger partial charge in [0, 0.05) is 43.2 Å². The number of ether oxygens (including phenoxy) is 1. The minimum atomic E-state index is -4.52. The van der Waals surface area contributed by atoms with E-state index < -0.39 is 29.6 Å². The Hall–Kier alpha value is -3.73. The number of hydrogen-bond acceptors (Lipinski definition) is 5. The van der Waals surface area contributed by atoms with Gasteiger partial charge in [-0.2, -0.15) is 18.3 Å². The molecule has 2 aliphatic rings. The van der Waals surface area contributed by atoms with E-state index >= 15 is 0 Å². The van der Waals surface area contributed by atoms with Crippen LogP contribution in [0.2, 0.25) is 5.02 Å². The molecule has 1 saturated heterocycles. The van der Waals surface area contributed by atoms with Crippen molar-refractivity contribution in [2.24, 2.45) is 5.10 Å². The molecule has 0 saturated carbocycles. The predicted molar refractivity (Wildman–Crippen MR) is 163 cm³/mol. The van der Waals surface area contributed by atoms with Gasteiger partial charge in [0.2, 0.25) is 0 Å². The Balaban J connectivity index is 1.42. The number of halogens is 4. The standard InChI is InChI=1S/C33H34ClF3N4O3/c1-22-3-4-26(19-23(22)2)29-20-30(24-7-11-28(34)12-8-24)41(38-29)31(42)21-40(14-13-39-15-17-44-18-16-39)32(43)25-5-9-27(10-6-25)33(35,36)37/h3-12,19,30H,13-18,20-21H2,1-2H3/t30-/m1/s1. The van der Waals surface area contributed by atoms with Crippen molar-refractivity contribution < 1.29 is 27.5 Å². The third-order valence-electron chi connectivity index (χ3n) is 8.12. The second-order valence-corrected chi connectivity index (χ2v) is 11.5. The first kappa shape index (κ1) is 31.7. The van der Waals surface area contributed by atoms with Crippen LogP contribution in [0.5, 0.6) is 0 Å². The van der Waals surface area contributed by atoms with Gasteiger partial charge in [0.25, 0.3) is 11.8 Å². The normalized spacial score (nSPS) is 17.5. The Bertz CT molecular complexity index is 1520. The van der Waals surface area contributed by atoms with Crippen LogP contribution in [-0.2, 0) is 15.7 Å². The fourth-order valence-electron chi connectivity index (χ4n) is 5.34. The second kappa shape index (κ2) is 13.5. The molecular formula is C33H34ClF3N4O3. The zero-order chi connectivity index (χ0) is 31.4. The number of amides is 2. The number of morpholine rings is 1. The van der Waals surface area contributed by atoms with Crippen molar-refractivity contribution in [2.45, 2.75) is 32.5 Å². The zero-order valence-corrected chi connectivity index (χ0v) is 25.4. The quantitative estimate of drug-likeness (QED) is 0.302.